The number of esters is 2. The van der Waals surface area contributed by atoms with E-state index in [9.17, 15) is 9.59 Å². The lowest BCUT2D eigenvalue weighted by Crippen LogP contribution is -2.11. The molecule has 2 aromatic carbocycles. The average molecular weight is 497 g/mol. The van der Waals surface area contributed by atoms with Crippen molar-refractivity contribution in [3.8, 4) is 0 Å². The highest BCUT2D eigenvalue weighted by atomic mass is 16.5. The van der Waals surface area contributed by atoms with Crippen LogP contribution >= 0.6 is 0 Å². The van der Waals surface area contributed by atoms with Crippen molar-refractivity contribution in [3.05, 3.63) is 47.5 Å². The van der Waals surface area contributed by atoms with Gasteiger partial charge < -0.3 is 9.47 Å². The van der Waals surface area contributed by atoms with Gasteiger partial charge in [-0.2, -0.15) is 0 Å². The number of ether oxygens (including phenoxy) is 2. The molecule has 0 aliphatic heterocycles. The molecule has 0 aliphatic rings. The highest BCUT2D eigenvalue weighted by Crippen LogP contribution is 2.25. The molecule has 0 unspecified atom stereocenters. The summed E-state index contributed by atoms with van der Waals surface area (Å²) in [6.07, 6.45) is 19.2. The second-order valence-corrected chi connectivity index (χ2v) is 9.93. The predicted molar refractivity (Wildman–Crippen MR) is 150 cm³/mol. The molecule has 2 aromatic rings. The van der Waals surface area contributed by atoms with Crippen molar-refractivity contribution >= 4 is 22.7 Å². The third-order valence-electron chi connectivity index (χ3n) is 6.81. The number of rotatable bonds is 20. The van der Waals surface area contributed by atoms with Crippen molar-refractivity contribution in [1.29, 1.82) is 0 Å². The van der Waals surface area contributed by atoms with Gasteiger partial charge in [0.25, 0.3) is 0 Å². The van der Waals surface area contributed by atoms with E-state index in [0.29, 0.717) is 29.7 Å². The van der Waals surface area contributed by atoms with Crippen molar-refractivity contribution in [1.82, 2.24) is 0 Å². The molecule has 2 rings (SSSR count). The maximum atomic E-state index is 12.9. The van der Waals surface area contributed by atoms with E-state index in [1.807, 2.05) is 24.3 Å². The highest BCUT2D eigenvalue weighted by Gasteiger charge is 2.19. The number of unbranched alkanes of at least 4 members (excludes halogenated alkanes) is 14. The van der Waals surface area contributed by atoms with E-state index in [0.717, 1.165) is 31.1 Å². The van der Waals surface area contributed by atoms with Crippen LogP contribution in [0.1, 0.15) is 137 Å². The van der Waals surface area contributed by atoms with Crippen molar-refractivity contribution < 1.29 is 19.1 Å². The van der Waals surface area contributed by atoms with Crippen LogP contribution < -0.4 is 0 Å². The lowest BCUT2D eigenvalue weighted by Gasteiger charge is -2.12. The largest absolute Gasteiger partial charge is 0.462 e. The Hall–Kier alpha value is -2.36. The zero-order valence-corrected chi connectivity index (χ0v) is 22.8. The van der Waals surface area contributed by atoms with Crippen LogP contribution in [-0.2, 0) is 9.47 Å². The maximum Gasteiger partial charge on any atom is 0.338 e. The van der Waals surface area contributed by atoms with Gasteiger partial charge in [0.1, 0.15) is 0 Å². The van der Waals surface area contributed by atoms with E-state index in [-0.39, 0.29) is 11.9 Å². The molecule has 0 radical (unpaired) electrons. The number of fused-ring (bicyclic) bond motifs is 1. The van der Waals surface area contributed by atoms with Crippen LogP contribution in [0.2, 0.25) is 0 Å². The van der Waals surface area contributed by atoms with Crippen LogP contribution in [0.4, 0.5) is 0 Å². The highest BCUT2D eigenvalue weighted by molar-refractivity contribution is 6.13. The molecule has 0 saturated carbocycles. The zero-order chi connectivity index (χ0) is 25.8. The van der Waals surface area contributed by atoms with Crippen molar-refractivity contribution in [2.75, 3.05) is 13.2 Å². The maximum absolute atomic E-state index is 12.9. The smallest absolute Gasteiger partial charge is 0.338 e. The van der Waals surface area contributed by atoms with E-state index in [1.165, 1.54) is 77.0 Å². The topological polar surface area (TPSA) is 52.6 Å². The molecule has 0 aromatic heterocycles. The molecule has 0 fully saturated rings. The molecule has 0 bridgehead atoms. The summed E-state index contributed by atoms with van der Waals surface area (Å²) in [4.78, 5) is 25.8. The first-order valence-corrected chi connectivity index (χ1v) is 14.5. The minimum Gasteiger partial charge on any atom is -0.462 e. The molecule has 4 nitrogen and oxygen atoms in total. The number of carbonyl (C=O) groups is 2. The Kier molecular flexibility index (Phi) is 15.6. The number of carbonyl (C=O) groups excluding carboxylic acids is 2. The van der Waals surface area contributed by atoms with Crippen molar-refractivity contribution in [3.63, 3.8) is 0 Å². The molecule has 200 valence electrons. The molecule has 0 heterocycles. The van der Waals surface area contributed by atoms with E-state index in [2.05, 4.69) is 13.8 Å². The Balaban J connectivity index is 1.80. The summed E-state index contributed by atoms with van der Waals surface area (Å²) in [6.45, 7) is 5.27. The van der Waals surface area contributed by atoms with Gasteiger partial charge in [0, 0.05) is 5.39 Å². The second-order valence-electron chi connectivity index (χ2n) is 9.93. The number of hydrogen-bond donors (Lipinski definition) is 0. The molecule has 0 spiro atoms. The van der Waals surface area contributed by atoms with Gasteiger partial charge in [-0.15, -0.1) is 0 Å². The van der Waals surface area contributed by atoms with Crippen LogP contribution in [0, 0.1) is 0 Å². The summed E-state index contributed by atoms with van der Waals surface area (Å²) in [5.74, 6) is -0.739. The second kappa shape index (κ2) is 18.8. The number of hydrogen-bond acceptors (Lipinski definition) is 4. The first-order chi connectivity index (χ1) is 17.7. The van der Waals surface area contributed by atoms with Gasteiger partial charge in [0.15, 0.2) is 0 Å². The molecule has 0 aliphatic carbocycles. The molecular formula is C32H48O4. The standard InChI is InChI=1S/C32H48O4/c1-3-5-7-9-11-12-13-14-16-18-26-36-32(34)29-24-20-22-27-21-19-23-28(30(27)29)31(33)35-25-17-15-10-8-6-4-2/h19-24H,3-18,25-26H2,1-2H3. The minimum absolute atomic E-state index is 0.368. The quantitative estimate of drug-likeness (QED) is 0.135. The SMILES string of the molecule is CCCCCCCCCCCCOC(=O)c1cccc2cccc(C(=O)OCCCCCCCC)c12. The van der Waals surface area contributed by atoms with Gasteiger partial charge >= 0.3 is 11.9 Å². The van der Waals surface area contributed by atoms with Crippen LogP contribution in [-0.4, -0.2) is 25.2 Å². The van der Waals surface area contributed by atoms with Crippen LogP contribution in [0.25, 0.3) is 10.8 Å². The third kappa shape index (κ3) is 11.1. The van der Waals surface area contributed by atoms with Crippen LogP contribution in [0.3, 0.4) is 0 Å². The molecule has 4 heteroatoms. The summed E-state index contributed by atoms with van der Waals surface area (Å²) >= 11 is 0. The van der Waals surface area contributed by atoms with Gasteiger partial charge in [0.05, 0.1) is 24.3 Å². The molecule has 36 heavy (non-hydrogen) atoms. The van der Waals surface area contributed by atoms with Crippen molar-refractivity contribution in [2.24, 2.45) is 0 Å². The van der Waals surface area contributed by atoms with Gasteiger partial charge in [-0.05, 0) is 30.4 Å². The number of benzene rings is 2. The Morgan fingerprint density at radius 1 is 0.528 bits per heavy atom. The Labute approximate surface area is 219 Å². The van der Waals surface area contributed by atoms with Crippen LogP contribution in [0.15, 0.2) is 36.4 Å². The van der Waals surface area contributed by atoms with Crippen LogP contribution in [0.5, 0.6) is 0 Å². The molecule has 0 saturated heterocycles. The van der Waals surface area contributed by atoms with Gasteiger partial charge in [-0.25, -0.2) is 9.59 Å². The van der Waals surface area contributed by atoms with Gasteiger partial charge in [-0.1, -0.05) is 128 Å². The molecule has 0 amide bonds. The average Bonchev–Trinajstić information content (AvgIpc) is 2.90. The molecule has 0 N–H and O–H groups in total. The monoisotopic (exact) mass is 496 g/mol. The van der Waals surface area contributed by atoms with Gasteiger partial charge in [-0.3, -0.25) is 0 Å². The predicted octanol–water partition coefficient (Wildman–Crippen LogP) is 9.43. The lowest BCUT2D eigenvalue weighted by molar-refractivity contribution is 0.0498. The Bertz CT molecular complexity index is 884. The summed E-state index contributed by atoms with van der Waals surface area (Å²) < 4.78 is 11.2. The Morgan fingerprint density at radius 2 is 0.889 bits per heavy atom. The fourth-order valence-electron chi connectivity index (χ4n) is 4.64. The van der Waals surface area contributed by atoms with E-state index < -0.39 is 0 Å². The van der Waals surface area contributed by atoms with E-state index >= 15 is 0 Å². The van der Waals surface area contributed by atoms with E-state index in [4.69, 9.17) is 9.47 Å². The fourth-order valence-corrected chi connectivity index (χ4v) is 4.64. The van der Waals surface area contributed by atoms with Gasteiger partial charge in [0.2, 0.25) is 0 Å². The minimum atomic E-state index is -0.371. The zero-order valence-electron chi connectivity index (χ0n) is 22.8. The van der Waals surface area contributed by atoms with E-state index in [1.54, 1.807) is 12.1 Å². The summed E-state index contributed by atoms with van der Waals surface area (Å²) in [7, 11) is 0. The molecule has 0 atom stereocenters. The van der Waals surface area contributed by atoms with Crippen molar-refractivity contribution in [2.45, 2.75) is 117 Å². The summed E-state index contributed by atoms with van der Waals surface area (Å²) in [6, 6.07) is 11.0. The summed E-state index contributed by atoms with van der Waals surface area (Å²) in [5.41, 5.74) is 0.872. The fraction of sp³-hybridized carbons (Fsp3) is 0.625. The molecular weight excluding hydrogens is 448 g/mol. The normalized spacial score (nSPS) is 11.1. The summed E-state index contributed by atoms with van der Waals surface area (Å²) in [5, 5.41) is 1.47. The third-order valence-corrected chi connectivity index (χ3v) is 6.81. The first kappa shape index (κ1) is 29.9. The lowest BCUT2D eigenvalue weighted by atomic mass is 9.99. The first-order valence-electron chi connectivity index (χ1n) is 14.5. The Morgan fingerprint density at radius 3 is 1.28 bits per heavy atom.